The molecule has 0 aliphatic heterocycles. The summed E-state index contributed by atoms with van der Waals surface area (Å²) in [6.07, 6.45) is 0.839. The minimum absolute atomic E-state index is 0.0120. The van der Waals surface area contributed by atoms with Gasteiger partial charge in [0.1, 0.15) is 18.4 Å². The molecule has 0 radical (unpaired) electrons. The van der Waals surface area contributed by atoms with E-state index in [4.69, 9.17) is 9.47 Å². The Hall–Kier alpha value is -3.39. The standard InChI is InChI=1S/C31H45N3O5/c1-8-38-28(35)20-34(7)27(18-22(2)3)30(37)32-26(29(36)33-31(4,5)6)19-23-14-16-25(17-15-23)39-21-24-12-10-9-11-13-24/h9-17,22,26-27H,8,18-21H2,1-7H3,(H,32,37)(H,33,36). The molecule has 8 heteroatoms. The second-order valence-electron chi connectivity index (χ2n) is 11.3. The van der Waals surface area contributed by atoms with Gasteiger partial charge in [-0.1, -0.05) is 56.3 Å². The molecule has 2 aromatic carbocycles. The first-order valence-corrected chi connectivity index (χ1v) is 13.6. The zero-order chi connectivity index (χ0) is 29.0. The Balaban J connectivity index is 2.16. The number of hydrogen-bond acceptors (Lipinski definition) is 6. The number of nitrogens with zero attached hydrogens (tertiary/aromatic N) is 1. The number of carbonyl (C=O) groups is 3. The van der Waals surface area contributed by atoms with E-state index in [2.05, 4.69) is 10.6 Å². The highest BCUT2D eigenvalue weighted by atomic mass is 16.5. The van der Waals surface area contributed by atoms with Gasteiger partial charge in [0.25, 0.3) is 0 Å². The SMILES string of the molecule is CCOC(=O)CN(C)C(CC(C)C)C(=O)NC(Cc1ccc(OCc2ccccc2)cc1)C(=O)NC(C)(C)C. The van der Waals surface area contributed by atoms with Crippen LogP contribution in [0.1, 0.15) is 59.1 Å². The van der Waals surface area contributed by atoms with Crippen molar-refractivity contribution in [2.75, 3.05) is 20.2 Å². The molecule has 0 bridgehead atoms. The fourth-order valence-corrected chi connectivity index (χ4v) is 4.09. The lowest BCUT2D eigenvalue weighted by Gasteiger charge is -2.30. The van der Waals surface area contributed by atoms with Crippen molar-refractivity contribution in [2.45, 2.75) is 78.6 Å². The summed E-state index contributed by atoms with van der Waals surface area (Å²) >= 11 is 0. The summed E-state index contributed by atoms with van der Waals surface area (Å²) < 4.78 is 10.9. The number of amides is 2. The van der Waals surface area contributed by atoms with E-state index in [1.54, 1.807) is 18.9 Å². The van der Waals surface area contributed by atoms with Crippen molar-refractivity contribution in [1.82, 2.24) is 15.5 Å². The van der Waals surface area contributed by atoms with Crippen molar-refractivity contribution in [3.8, 4) is 5.75 Å². The number of esters is 1. The Labute approximate surface area is 233 Å². The highest BCUT2D eigenvalue weighted by molar-refractivity contribution is 5.90. The van der Waals surface area contributed by atoms with Crippen LogP contribution in [0.15, 0.2) is 54.6 Å². The number of benzene rings is 2. The largest absolute Gasteiger partial charge is 0.489 e. The smallest absolute Gasteiger partial charge is 0.320 e. The molecule has 39 heavy (non-hydrogen) atoms. The second-order valence-corrected chi connectivity index (χ2v) is 11.3. The molecular formula is C31H45N3O5. The van der Waals surface area contributed by atoms with Gasteiger partial charge in [-0.2, -0.15) is 0 Å². The highest BCUT2D eigenvalue weighted by Crippen LogP contribution is 2.17. The maximum atomic E-state index is 13.5. The van der Waals surface area contributed by atoms with Gasteiger partial charge in [0.15, 0.2) is 0 Å². The Bertz CT molecular complexity index is 1050. The Morgan fingerprint density at radius 1 is 0.923 bits per heavy atom. The van der Waals surface area contributed by atoms with Gasteiger partial charge in [0.2, 0.25) is 11.8 Å². The summed E-state index contributed by atoms with van der Waals surface area (Å²) in [6.45, 7) is 12.2. The van der Waals surface area contributed by atoms with Crippen LogP contribution in [0.3, 0.4) is 0 Å². The maximum Gasteiger partial charge on any atom is 0.320 e. The summed E-state index contributed by atoms with van der Waals surface area (Å²) in [6, 6.07) is 16.1. The predicted octanol–water partition coefficient (Wildman–Crippen LogP) is 4.12. The van der Waals surface area contributed by atoms with E-state index in [0.717, 1.165) is 16.9 Å². The summed E-state index contributed by atoms with van der Waals surface area (Å²) in [5.41, 5.74) is 1.50. The lowest BCUT2D eigenvalue weighted by Crippen LogP contribution is -2.57. The van der Waals surface area contributed by atoms with Crippen LogP contribution < -0.4 is 15.4 Å². The minimum atomic E-state index is -0.793. The van der Waals surface area contributed by atoms with Crippen LogP contribution in [-0.4, -0.2) is 60.5 Å². The van der Waals surface area contributed by atoms with Crippen molar-refractivity contribution in [3.63, 3.8) is 0 Å². The van der Waals surface area contributed by atoms with Gasteiger partial charge >= 0.3 is 5.97 Å². The molecule has 2 amide bonds. The van der Waals surface area contributed by atoms with Crippen molar-refractivity contribution >= 4 is 17.8 Å². The first-order chi connectivity index (χ1) is 18.4. The average molecular weight is 540 g/mol. The maximum absolute atomic E-state index is 13.5. The molecular weight excluding hydrogens is 494 g/mol. The molecule has 2 aromatic rings. The molecule has 2 N–H and O–H groups in total. The number of rotatable bonds is 14. The van der Waals surface area contributed by atoms with Crippen molar-refractivity contribution in [3.05, 3.63) is 65.7 Å². The molecule has 2 unspecified atom stereocenters. The first kappa shape index (κ1) is 31.8. The Kier molecular flexibility index (Phi) is 12.5. The van der Waals surface area contributed by atoms with Crippen LogP contribution in [0, 0.1) is 5.92 Å². The number of ether oxygens (including phenoxy) is 2. The molecule has 0 heterocycles. The van der Waals surface area contributed by atoms with Crippen LogP contribution >= 0.6 is 0 Å². The summed E-state index contributed by atoms with van der Waals surface area (Å²) in [5, 5.41) is 5.95. The molecule has 0 saturated heterocycles. The van der Waals surface area contributed by atoms with Gasteiger partial charge < -0.3 is 20.1 Å². The summed E-state index contributed by atoms with van der Waals surface area (Å²) in [4.78, 5) is 40.5. The van der Waals surface area contributed by atoms with Crippen LogP contribution in [0.2, 0.25) is 0 Å². The van der Waals surface area contributed by atoms with Gasteiger partial charge in [-0.05, 0) is 70.3 Å². The molecule has 0 aliphatic carbocycles. The zero-order valence-corrected chi connectivity index (χ0v) is 24.5. The quantitative estimate of drug-likeness (QED) is 0.351. The van der Waals surface area contributed by atoms with Gasteiger partial charge in [0, 0.05) is 12.0 Å². The average Bonchev–Trinajstić information content (AvgIpc) is 2.86. The molecule has 214 valence electrons. The topological polar surface area (TPSA) is 97.0 Å². The third-order valence-electron chi connectivity index (χ3n) is 5.96. The summed E-state index contributed by atoms with van der Waals surface area (Å²) in [7, 11) is 1.72. The fraction of sp³-hybridized carbons (Fsp3) is 0.516. The van der Waals surface area contributed by atoms with Crippen molar-refractivity contribution in [1.29, 1.82) is 0 Å². The monoisotopic (exact) mass is 539 g/mol. The molecule has 8 nitrogen and oxygen atoms in total. The molecule has 0 aromatic heterocycles. The molecule has 0 saturated carbocycles. The van der Waals surface area contributed by atoms with E-state index >= 15 is 0 Å². The van der Waals surface area contributed by atoms with Gasteiger partial charge in [-0.3, -0.25) is 19.3 Å². The zero-order valence-electron chi connectivity index (χ0n) is 24.5. The third-order valence-corrected chi connectivity index (χ3v) is 5.96. The van der Waals surface area contributed by atoms with Crippen LogP contribution in [0.25, 0.3) is 0 Å². The number of nitrogens with one attached hydrogen (secondary N) is 2. The molecule has 0 fully saturated rings. The lowest BCUT2D eigenvalue weighted by atomic mass is 9.99. The first-order valence-electron chi connectivity index (χ1n) is 13.6. The van der Waals surface area contributed by atoms with E-state index in [1.807, 2.05) is 89.2 Å². The van der Waals surface area contributed by atoms with E-state index in [9.17, 15) is 14.4 Å². The van der Waals surface area contributed by atoms with Gasteiger partial charge in [-0.15, -0.1) is 0 Å². The Morgan fingerprint density at radius 2 is 1.56 bits per heavy atom. The van der Waals surface area contributed by atoms with Crippen LogP contribution in [-0.2, 0) is 32.1 Å². The fourth-order valence-electron chi connectivity index (χ4n) is 4.09. The van der Waals surface area contributed by atoms with E-state index < -0.39 is 23.6 Å². The van der Waals surface area contributed by atoms with Gasteiger partial charge in [-0.25, -0.2) is 0 Å². The highest BCUT2D eigenvalue weighted by Gasteiger charge is 2.31. The number of carbonyl (C=O) groups excluding carboxylic acids is 3. The molecule has 2 rings (SSSR count). The van der Waals surface area contributed by atoms with Crippen molar-refractivity contribution in [2.24, 2.45) is 5.92 Å². The predicted molar refractivity (Wildman–Crippen MR) is 153 cm³/mol. The van der Waals surface area contributed by atoms with E-state index in [1.165, 1.54) is 0 Å². The normalized spacial score (nSPS) is 13.1. The lowest BCUT2D eigenvalue weighted by molar-refractivity contribution is -0.145. The second kappa shape index (κ2) is 15.3. The Morgan fingerprint density at radius 3 is 2.13 bits per heavy atom. The number of likely N-dealkylation sites (N-methyl/N-ethyl adjacent to an activating group) is 1. The van der Waals surface area contributed by atoms with Crippen molar-refractivity contribution < 1.29 is 23.9 Å². The number of hydrogen-bond donors (Lipinski definition) is 2. The third kappa shape index (κ3) is 11.9. The van der Waals surface area contributed by atoms with Crippen LogP contribution in [0.4, 0.5) is 0 Å². The van der Waals surface area contributed by atoms with Gasteiger partial charge in [0.05, 0.1) is 19.2 Å². The van der Waals surface area contributed by atoms with E-state index in [0.29, 0.717) is 19.4 Å². The minimum Gasteiger partial charge on any atom is -0.489 e. The molecule has 2 atom stereocenters. The molecule has 0 spiro atoms. The van der Waals surface area contributed by atoms with Crippen LogP contribution in [0.5, 0.6) is 5.75 Å². The van der Waals surface area contributed by atoms with E-state index in [-0.39, 0.29) is 30.9 Å². The molecule has 0 aliphatic rings. The summed E-state index contributed by atoms with van der Waals surface area (Å²) in [5.74, 6) is -0.0299.